The monoisotopic (exact) mass is 292 g/mol. The van der Waals surface area contributed by atoms with Gasteiger partial charge in [0.1, 0.15) is 0 Å². The number of rotatable bonds is 7. The molecule has 0 heterocycles. The Morgan fingerprint density at radius 3 is 1.95 bits per heavy atom. The fourth-order valence-electron chi connectivity index (χ4n) is 2.14. The maximum absolute atomic E-state index is 4.05. The van der Waals surface area contributed by atoms with Crippen molar-refractivity contribution in [1.82, 2.24) is 10.6 Å². The van der Waals surface area contributed by atoms with Gasteiger partial charge >= 0.3 is 0 Å². The molecule has 2 heteroatoms. The maximum atomic E-state index is 4.05. The molecular formula is C20H24N2. The van der Waals surface area contributed by atoms with Crippen molar-refractivity contribution in [2.24, 2.45) is 0 Å². The Balaban J connectivity index is 1.81. The molecule has 0 amide bonds. The van der Waals surface area contributed by atoms with E-state index in [4.69, 9.17) is 0 Å². The van der Waals surface area contributed by atoms with Crippen LogP contribution in [0.4, 0.5) is 0 Å². The summed E-state index contributed by atoms with van der Waals surface area (Å²) in [6, 6.07) is 16.8. The smallest absolute Gasteiger partial charge is 0.0499 e. The fraction of sp³-hybridized carbons (Fsp3) is 0.200. The normalized spacial score (nSPS) is 10.1. The highest BCUT2D eigenvalue weighted by molar-refractivity contribution is 5.31. The predicted molar refractivity (Wildman–Crippen MR) is 94.3 cm³/mol. The van der Waals surface area contributed by atoms with E-state index in [9.17, 15) is 0 Å². The molecular weight excluding hydrogens is 268 g/mol. The van der Waals surface area contributed by atoms with E-state index in [2.05, 4.69) is 68.0 Å². The number of aryl methyl sites for hydroxylation is 2. The number of nitrogens with one attached hydrogen (secondary N) is 2. The predicted octanol–water partition coefficient (Wildman–Crippen LogP) is 4.21. The minimum absolute atomic E-state index is 0.754. The number of hydrogen-bond acceptors (Lipinski definition) is 2. The first-order valence-electron chi connectivity index (χ1n) is 7.52. The third kappa shape index (κ3) is 4.52. The quantitative estimate of drug-likeness (QED) is 0.747. The number of benzene rings is 2. The van der Waals surface area contributed by atoms with Crippen molar-refractivity contribution in [2.75, 3.05) is 0 Å². The van der Waals surface area contributed by atoms with Crippen LogP contribution in [0, 0.1) is 13.8 Å². The molecule has 0 aliphatic carbocycles. The van der Waals surface area contributed by atoms with E-state index < -0.39 is 0 Å². The molecule has 0 saturated carbocycles. The van der Waals surface area contributed by atoms with Gasteiger partial charge in [-0.3, -0.25) is 0 Å². The third-order valence-corrected chi connectivity index (χ3v) is 3.79. The van der Waals surface area contributed by atoms with Gasteiger partial charge in [-0.2, -0.15) is 0 Å². The molecule has 0 aliphatic heterocycles. The van der Waals surface area contributed by atoms with E-state index in [0.29, 0.717) is 0 Å². The lowest BCUT2D eigenvalue weighted by Crippen LogP contribution is -2.21. The molecule has 0 fully saturated rings. The standard InChI is InChI=1S/C20H24N2/c1-15-10-11-20(12-16(15)2)14-22-18(4)17(3)21-13-19-8-6-5-7-9-19/h5-12,21-22H,3-4,13-14H2,1-2H3. The molecule has 0 atom stereocenters. The molecule has 2 aromatic rings. The lowest BCUT2D eigenvalue weighted by molar-refractivity contribution is 0.754. The summed E-state index contributed by atoms with van der Waals surface area (Å²) in [5, 5.41) is 6.62. The van der Waals surface area contributed by atoms with E-state index in [0.717, 1.165) is 24.5 Å². The molecule has 0 saturated heterocycles. The molecule has 22 heavy (non-hydrogen) atoms. The van der Waals surface area contributed by atoms with Crippen molar-refractivity contribution in [1.29, 1.82) is 0 Å². The Morgan fingerprint density at radius 1 is 0.773 bits per heavy atom. The van der Waals surface area contributed by atoms with Crippen LogP contribution < -0.4 is 10.6 Å². The van der Waals surface area contributed by atoms with Crippen LogP contribution >= 0.6 is 0 Å². The summed E-state index contributed by atoms with van der Waals surface area (Å²) in [4.78, 5) is 0. The minimum atomic E-state index is 0.754. The first-order valence-corrected chi connectivity index (χ1v) is 7.52. The fourth-order valence-corrected chi connectivity index (χ4v) is 2.14. The minimum Gasteiger partial charge on any atom is -0.380 e. The van der Waals surface area contributed by atoms with Crippen molar-refractivity contribution < 1.29 is 0 Å². The number of hydrogen-bond donors (Lipinski definition) is 2. The molecule has 0 radical (unpaired) electrons. The first-order chi connectivity index (χ1) is 10.6. The Hall–Kier alpha value is -2.48. The summed E-state index contributed by atoms with van der Waals surface area (Å²) in [5.74, 6) is 0. The highest BCUT2D eigenvalue weighted by atomic mass is 15.0. The van der Waals surface area contributed by atoms with Gasteiger partial charge < -0.3 is 10.6 Å². The molecule has 2 nitrogen and oxygen atoms in total. The van der Waals surface area contributed by atoms with Crippen LogP contribution in [0.3, 0.4) is 0 Å². The maximum Gasteiger partial charge on any atom is 0.0499 e. The molecule has 2 rings (SSSR count). The van der Waals surface area contributed by atoms with Crippen molar-refractivity contribution in [3.63, 3.8) is 0 Å². The van der Waals surface area contributed by atoms with Gasteiger partial charge in [0, 0.05) is 24.5 Å². The summed E-state index contributed by atoms with van der Waals surface area (Å²) in [6.07, 6.45) is 0. The SMILES string of the molecule is C=C(NCc1ccccc1)C(=C)NCc1ccc(C)c(C)c1. The Bertz CT molecular complexity index is 657. The van der Waals surface area contributed by atoms with E-state index in [1.54, 1.807) is 0 Å². The summed E-state index contributed by atoms with van der Waals surface area (Å²) in [6.45, 7) is 13.9. The van der Waals surface area contributed by atoms with Crippen molar-refractivity contribution in [3.8, 4) is 0 Å². The van der Waals surface area contributed by atoms with Crippen molar-refractivity contribution in [2.45, 2.75) is 26.9 Å². The van der Waals surface area contributed by atoms with Gasteiger partial charge in [-0.15, -0.1) is 0 Å². The Kier molecular flexibility index (Phi) is 5.42. The zero-order valence-corrected chi connectivity index (χ0v) is 13.4. The topological polar surface area (TPSA) is 24.1 Å². The zero-order valence-electron chi connectivity index (χ0n) is 13.4. The highest BCUT2D eigenvalue weighted by Crippen LogP contribution is 2.10. The first kappa shape index (κ1) is 15.9. The zero-order chi connectivity index (χ0) is 15.9. The Morgan fingerprint density at radius 2 is 1.36 bits per heavy atom. The van der Waals surface area contributed by atoms with Gasteiger partial charge in [0.25, 0.3) is 0 Å². The largest absolute Gasteiger partial charge is 0.380 e. The van der Waals surface area contributed by atoms with Crippen molar-refractivity contribution in [3.05, 3.63) is 95.3 Å². The second kappa shape index (κ2) is 7.51. The Labute approximate surface area is 133 Å². The molecule has 0 spiro atoms. The van der Waals surface area contributed by atoms with Crippen LogP contribution in [0.2, 0.25) is 0 Å². The van der Waals surface area contributed by atoms with E-state index in [1.165, 1.54) is 22.3 Å². The second-order valence-electron chi connectivity index (χ2n) is 5.57. The highest BCUT2D eigenvalue weighted by Gasteiger charge is 2.01. The summed E-state index contributed by atoms with van der Waals surface area (Å²) < 4.78 is 0. The molecule has 0 aromatic heterocycles. The van der Waals surface area contributed by atoms with Gasteiger partial charge in [0.05, 0.1) is 0 Å². The average Bonchev–Trinajstić information content (AvgIpc) is 2.54. The molecule has 2 aromatic carbocycles. The molecule has 2 N–H and O–H groups in total. The summed E-state index contributed by atoms with van der Waals surface area (Å²) in [7, 11) is 0. The van der Waals surface area contributed by atoms with E-state index in [1.807, 2.05) is 18.2 Å². The van der Waals surface area contributed by atoms with Crippen LogP contribution in [-0.4, -0.2) is 0 Å². The van der Waals surface area contributed by atoms with Gasteiger partial charge in [-0.25, -0.2) is 0 Å². The van der Waals surface area contributed by atoms with E-state index >= 15 is 0 Å². The molecule has 0 bridgehead atoms. The summed E-state index contributed by atoms with van der Waals surface area (Å²) >= 11 is 0. The lowest BCUT2D eigenvalue weighted by Gasteiger charge is -2.15. The molecule has 0 unspecified atom stereocenters. The van der Waals surface area contributed by atoms with Crippen LogP contribution in [0.1, 0.15) is 22.3 Å². The van der Waals surface area contributed by atoms with Crippen LogP contribution in [-0.2, 0) is 13.1 Å². The van der Waals surface area contributed by atoms with Gasteiger partial charge in [-0.1, -0.05) is 61.7 Å². The third-order valence-electron chi connectivity index (χ3n) is 3.79. The van der Waals surface area contributed by atoms with Crippen LogP contribution in [0.15, 0.2) is 73.1 Å². The average molecular weight is 292 g/mol. The van der Waals surface area contributed by atoms with Gasteiger partial charge in [0.2, 0.25) is 0 Å². The second-order valence-corrected chi connectivity index (χ2v) is 5.57. The van der Waals surface area contributed by atoms with Gasteiger partial charge in [0.15, 0.2) is 0 Å². The molecule has 114 valence electrons. The van der Waals surface area contributed by atoms with E-state index in [-0.39, 0.29) is 0 Å². The van der Waals surface area contributed by atoms with Crippen molar-refractivity contribution >= 4 is 0 Å². The lowest BCUT2D eigenvalue weighted by atomic mass is 10.1. The van der Waals surface area contributed by atoms with Crippen LogP contribution in [0.5, 0.6) is 0 Å². The van der Waals surface area contributed by atoms with Gasteiger partial charge in [-0.05, 0) is 36.1 Å². The van der Waals surface area contributed by atoms with Crippen LogP contribution in [0.25, 0.3) is 0 Å². The molecule has 0 aliphatic rings. The summed E-state index contributed by atoms with van der Waals surface area (Å²) in [5.41, 5.74) is 6.76.